The fourth-order valence-corrected chi connectivity index (χ4v) is 1.35. The monoisotopic (exact) mass is 195 g/mol. The quantitative estimate of drug-likeness (QED) is 0.782. The highest BCUT2D eigenvalue weighted by Gasteiger charge is 2.06. The molecule has 0 saturated heterocycles. The Labute approximate surface area is 84.6 Å². The van der Waals surface area contributed by atoms with E-state index in [4.69, 9.17) is 5.11 Å². The molecule has 14 heavy (non-hydrogen) atoms. The van der Waals surface area contributed by atoms with Crippen LogP contribution in [-0.2, 0) is 6.61 Å². The molecule has 1 aromatic rings. The van der Waals surface area contributed by atoms with Crippen LogP contribution in [-0.4, -0.2) is 28.2 Å². The van der Waals surface area contributed by atoms with Crippen LogP contribution in [0, 0.1) is 6.92 Å². The first-order valence-corrected chi connectivity index (χ1v) is 4.91. The molecule has 0 fully saturated rings. The lowest BCUT2D eigenvalue weighted by Crippen LogP contribution is -2.24. The van der Waals surface area contributed by atoms with Gasteiger partial charge in [0, 0.05) is 18.8 Å². The molecule has 0 saturated carbocycles. The van der Waals surface area contributed by atoms with Gasteiger partial charge in [0.2, 0.25) is 5.95 Å². The van der Waals surface area contributed by atoms with Crippen LogP contribution < -0.4 is 4.90 Å². The van der Waals surface area contributed by atoms with E-state index in [1.54, 1.807) is 6.07 Å². The Morgan fingerprint density at radius 1 is 1.29 bits per heavy atom. The molecule has 0 atom stereocenters. The Morgan fingerprint density at radius 3 is 2.43 bits per heavy atom. The zero-order valence-corrected chi connectivity index (χ0v) is 8.99. The van der Waals surface area contributed by atoms with Gasteiger partial charge in [-0.3, -0.25) is 0 Å². The molecule has 0 bridgehead atoms. The van der Waals surface area contributed by atoms with Gasteiger partial charge < -0.3 is 10.0 Å². The van der Waals surface area contributed by atoms with Crippen LogP contribution in [0.15, 0.2) is 6.07 Å². The first kappa shape index (κ1) is 10.9. The molecule has 0 amide bonds. The van der Waals surface area contributed by atoms with Crippen molar-refractivity contribution in [1.29, 1.82) is 0 Å². The number of rotatable bonds is 4. The molecule has 4 heteroatoms. The molecule has 0 radical (unpaired) electrons. The van der Waals surface area contributed by atoms with Crippen LogP contribution in [0.3, 0.4) is 0 Å². The number of nitrogens with zero attached hydrogens (tertiary/aromatic N) is 3. The molecule has 0 spiro atoms. The number of hydrogen-bond donors (Lipinski definition) is 1. The summed E-state index contributed by atoms with van der Waals surface area (Å²) in [7, 11) is 0. The lowest BCUT2D eigenvalue weighted by atomic mass is 10.3. The van der Waals surface area contributed by atoms with Crippen LogP contribution in [0.25, 0.3) is 0 Å². The predicted molar refractivity (Wildman–Crippen MR) is 56.3 cm³/mol. The second-order valence-corrected chi connectivity index (χ2v) is 3.13. The van der Waals surface area contributed by atoms with E-state index >= 15 is 0 Å². The van der Waals surface area contributed by atoms with E-state index in [1.165, 1.54) is 0 Å². The van der Waals surface area contributed by atoms with Crippen LogP contribution in [0.5, 0.6) is 0 Å². The normalized spacial score (nSPS) is 10.3. The number of aryl methyl sites for hydroxylation is 1. The van der Waals surface area contributed by atoms with E-state index in [1.807, 2.05) is 6.92 Å². The maximum atomic E-state index is 9.00. The zero-order valence-electron chi connectivity index (χ0n) is 8.99. The topological polar surface area (TPSA) is 49.2 Å². The third-order valence-electron chi connectivity index (χ3n) is 2.10. The molecule has 0 aliphatic carbocycles. The summed E-state index contributed by atoms with van der Waals surface area (Å²) in [6.45, 7) is 7.77. The number of aromatic nitrogens is 2. The molecule has 0 unspecified atom stereocenters. The average molecular weight is 195 g/mol. The van der Waals surface area contributed by atoms with E-state index in [0.29, 0.717) is 11.6 Å². The largest absolute Gasteiger partial charge is 0.390 e. The molecule has 1 aromatic heterocycles. The van der Waals surface area contributed by atoms with Crippen molar-refractivity contribution in [3.8, 4) is 0 Å². The summed E-state index contributed by atoms with van der Waals surface area (Å²) in [5, 5.41) is 9.00. The molecular weight excluding hydrogens is 178 g/mol. The van der Waals surface area contributed by atoms with Crippen LogP contribution in [0.1, 0.15) is 25.2 Å². The van der Waals surface area contributed by atoms with Crippen molar-refractivity contribution in [2.45, 2.75) is 27.4 Å². The molecule has 78 valence electrons. The fourth-order valence-electron chi connectivity index (χ4n) is 1.35. The van der Waals surface area contributed by atoms with Gasteiger partial charge in [-0.1, -0.05) is 0 Å². The van der Waals surface area contributed by atoms with Crippen molar-refractivity contribution >= 4 is 5.95 Å². The maximum absolute atomic E-state index is 9.00. The standard InChI is InChI=1S/C10H17N3O/c1-4-13(5-2)10-11-8(3)6-9(7-14)12-10/h6,14H,4-5,7H2,1-3H3. The van der Waals surface area contributed by atoms with Crippen molar-refractivity contribution in [3.05, 3.63) is 17.5 Å². The third-order valence-corrected chi connectivity index (χ3v) is 2.10. The summed E-state index contributed by atoms with van der Waals surface area (Å²) in [5.41, 5.74) is 1.57. The Kier molecular flexibility index (Phi) is 3.83. The summed E-state index contributed by atoms with van der Waals surface area (Å²) in [4.78, 5) is 10.6. The Hall–Kier alpha value is -1.16. The number of aliphatic hydroxyl groups is 1. The van der Waals surface area contributed by atoms with Crippen LogP contribution >= 0.6 is 0 Å². The van der Waals surface area contributed by atoms with E-state index in [9.17, 15) is 0 Å². The van der Waals surface area contributed by atoms with Gasteiger partial charge in [0.1, 0.15) is 0 Å². The van der Waals surface area contributed by atoms with Crippen molar-refractivity contribution in [1.82, 2.24) is 9.97 Å². The van der Waals surface area contributed by atoms with Gasteiger partial charge >= 0.3 is 0 Å². The first-order chi connectivity index (χ1) is 6.71. The lowest BCUT2D eigenvalue weighted by molar-refractivity contribution is 0.276. The van der Waals surface area contributed by atoms with Gasteiger partial charge in [-0.05, 0) is 26.8 Å². The summed E-state index contributed by atoms with van der Waals surface area (Å²) in [6.07, 6.45) is 0. The molecule has 1 N–H and O–H groups in total. The highest BCUT2D eigenvalue weighted by atomic mass is 16.3. The van der Waals surface area contributed by atoms with Gasteiger partial charge in [-0.15, -0.1) is 0 Å². The summed E-state index contributed by atoms with van der Waals surface area (Å²) >= 11 is 0. The lowest BCUT2D eigenvalue weighted by Gasteiger charge is -2.19. The summed E-state index contributed by atoms with van der Waals surface area (Å²) in [5.74, 6) is 0.707. The van der Waals surface area contributed by atoms with Gasteiger partial charge in [-0.2, -0.15) is 0 Å². The van der Waals surface area contributed by atoms with E-state index in [0.717, 1.165) is 18.8 Å². The minimum Gasteiger partial charge on any atom is -0.390 e. The zero-order chi connectivity index (χ0) is 10.6. The smallest absolute Gasteiger partial charge is 0.225 e. The Balaban J connectivity index is 3.01. The minimum absolute atomic E-state index is 0.0301. The average Bonchev–Trinajstić information content (AvgIpc) is 2.19. The highest BCUT2D eigenvalue weighted by Crippen LogP contribution is 2.09. The van der Waals surface area contributed by atoms with Crippen molar-refractivity contribution in [2.75, 3.05) is 18.0 Å². The van der Waals surface area contributed by atoms with Crippen molar-refractivity contribution < 1.29 is 5.11 Å². The second-order valence-electron chi connectivity index (χ2n) is 3.13. The number of hydrogen-bond acceptors (Lipinski definition) is 4. The van der Waals surface area contributed by atoms with E-state index < -0.39 is 0 Å². The van der Waals surface area contributed by atoms with Crippen molar-refractivity contribution in [2.24, 2.45) is 0 Å². The predicted octanol–water partition coefficient (Wildman–Crippen LogP) is 1.12. The number of aliphatic hydroxyl groups excluding tert-OH is 1. The molecule has 4 nitrogen and oxygen atoms in total. The number of anilines is 1. The van der Waals surface area contributed by atoms with Crippen molar-refractivity contribution in [3.63, 3.8) is 0 Å². The van der Waals surface area contributed by atoms with Gasteiger partial charge in [-0.25, -0.2) is 9.97 Å². The maximum Gasteiger partial charge on any atom is 0.225 e. The van der Waals surface area contributed by atoms with E-state index in [-0.39, 0.29) is 6.61 Å². The first-order valence-electron chi connectivity index (χ1n) is 4.91. The SMILES string of the molecule is CCN(CC)c1nc(C)cc(CO)n1. The van der Waals surface area contributed by atoms with Crippen LogP contribution in [0.4, 0.5) is 5.95 Å². The summed E-state index contributed by atoms with van der Waals surface area (Å²) < 4.78 is 0. The minimum atomic E-state index is -0.0301. The third kappa shape index (κ3) is 2.42. The second kappa shape index (κ2) is 4.91. The van der Waals surface area contributed by atoms with E-state index in [2.05, 4.69) is 28.7 Å². The molecule has 0 aromatic carbocycles. The molecule has 1 heterocycles. The molecule has 0 aliphatic heterocycles. The molecular formula is C10H17N3O. The van der Waals surface area contributed by atoms with Gasteiger partial charge in [0.25, 0.3) is 0 Å². The highest BCUT2D eigenvalue weighted by molar-refractivity contribution is 5.31. The van der Waals surface area contributed by atoms with Crippen LogP contribution in [0.2, 0.25) is 0 Å². The Morgan fingerprint density at radius 2 is 1.93 bits per heavy atom. The summed E-state index contributed by atoms with van der Waals surface area (Å²) in [6, 6.07) is 1.80. The van der Waals surface area contributed by atoms with Gasteiger partial charge in [0.15, 0.2) is 0 Å². The molecule has 1 rings (SSSR count). The Bertz CT molecular complexity index is 297. The molecule has 0 aliphatic rings. The fraction of sp³-hybridized carbons (Fsp3) is 0.600. The van der Waals surface area contributed by atoms with Gasteiger partial charge in [0.05, 0.1) is 12.3 Å².